The molecular weight excluding hydrogens is 289 g/mol. The molecule has 2 heterocycles. The van der Waals surface area contributed by atoms with Crippen LogP contribution >= 0.6 is 11.3 Å². The van der Waals surface area contributed by atoms with Crippen LogP contribution in [0.25, 0.3) is 0 Å². The van der Waals surface area contributed by atoms with Gasteiger partial charge in [-0.3, -0.25) is 4.68 Å². The summed E-state index contributed by atoms with van der Waals surface area (Å²) >= 11 is 0.577. The van der Waals surface area contributed by atoms with E-state index in [0.717, 1.165) is 12.1 Å². The summed E-state index contributed by atoms with van der Waals surface area (Å²) in [6.45, 7) is 4.50. The van der Waals surface area contributed by atoms with E-state index >= 15 is 0 Å². The number of alkyl halides is 3. The van der Waals surface area contributed by atoms with Crippen molar-refractivity contribution < 1.29 is 13.2 Å². The van der Waals surface area contributed by atoms with Crippen LogP contribution in [-0.2, 0) is 19.1 Å². The molecule has 2 rings (SSSR count). The molecule has 0 radical (unpaired) electrons. The van der Waals surface area contributed by atoms with Crippen LogP contribution in [0.4, 0.5) is 13.2 Å². The molecule has 0 aliphatic heterocycles. The van der Waals surface area contributed by atoms with Crippen LogP contribution in [0.2, 0.25) is 0 Å². The van der Waals surface area contributed by atoms with Crippen molar-refractivity contribution in [2.45, 2.75) is 39.0 Å². The van der Waals surface area contributed by atoms with E-state index in [1.165, 1.54) is 6.20 Å². The van der Waals surface area contributed by atoms with Gasteiger partial charge in [0.25, 0.3) is 0 Å². The minimum atomic E-state index is -4.43. The molecule has 2 aromatic heterocycles. The van der Waals surface area contributed by atoms with Crippen LogP contribution in [0.1, 0.15) is 41.2 Å². The molecule has 0 saturated carbocycles. The first kappa shape index (κ1) is 15.0. The minimum absolute atomic E-state index is 0.384. The standard InChI is InChI=1S/C12H15F3N4S/c1-3-7-5-8(19(4-2)18-7)10(16)9-6-17-11(20-9)12(13,14)15/h5-6,10H,3-4,16H2,1-2H3. The van der Waals surface area contributed by atoms with Crippen molar-refractivity contribution in [2.75, 3.05) is 0 Å². The number of thiazole rings is 1. The lowest BCUT2D eigenvalue weighted by Crippen LogP contribution is -2.16. The number of aromatic nitrogens is 3. The highest BCUT2D eigenvalue weighted by Crippen LogP contribution is 2.35. The molecule has 4 nitrogen and oxygen atoms in total. The molecule has 0 aliphatic carbocycles. The summed E-state index contributed by atoms with van der Waals surface area (Å²) in [5.41, 5.74) is 7.64. The van der Waals surface area contributed by atoms with Gasteiger partial charge in [-0.2, -0.15) is 18.3 Å². The Hall–Kier alpha value is -1.41. The third-order valence-corrected chi connectivity index (χ3v) is 4.04. The lowest BCUT2D eigenvalue weighted by Gasteiger charge is -2.10. The van der Waals surface area contributed by atoms with Gasteiger partial charge >= 0.3 is 6.18 Å². The monoisotopic (exact) mass is 304 g/mol. The zero-order valence-corrected chi connectivity index (χ0v) is 11.9. The van der Waals surface area contributed by atoms with Crippen LogP contribution < -0.4 is 5.73 Å². The van der Waals surface area contributed by atoms with Gasteiger partial charge in [-0.1, -0.05) is 6.92 Å². The molecule has 0 fully saturated rings. The van der Waals surface area contributed by atoms with Crippen molar-refractivity contribution in [1.29, 1.82) is 0 Å². The van der Waals surface area contributed by atoms with Crippen molar-refractivity contribution in [2.24, 2.45) is 5.73 Å². The van der Waals surface area contributed by atoms with E-state index in [1.54, 1.807) is 4.68 Å². The van der Waals surface area contributed by atoms with Crippen LogP contribution in [0.5, 0.6) is 0 Å². The molecule has 0 aromatic carbocycles. The van der Waals surface area contributed by atoms with Gasteiger partial charge in [0.1, 0.15) is 0 Å². The fourth-order valence-corrected chi connectivity index (χ4v) is 2.67. The number of nitrogens with two attached hydrogens (primary N) is 1. The molecule has 0 spiro atoms. The van der Waals surface area contributed by atoms with Gasteiger partial charge < -0.3 is 5.73 Å². The summed E-state index contributed by atoms with van der Waals surface area (Å²) in [7, 11) is 0. The van der Waals surface area contributed by atoms with Crippen molar-refractivity contribution in [1.82, 2.24) is 14.8 Å². The predicted molar refractivity (Wildman–Crippen MR) is 70.4 cm³/mol. The SMILES string of the molecule is CCc1cc(C(N)c2cnc(C(F)(F)F)s2)n(CC)n1. The average Bonchev–Trinajstić information content (AvgIpc) is 3.03. The maximum absolute atomic E-state index is 12.6. The second kappa shape index (κ2) is 5.53. The van der Waals surface area contributed by atoms with Crippen LogP contribution in [-0.4, -0.2) is 14.8 Å². The summed E-state index contributed by atoms with van der Waals surface area (Å²) < 4.78 is 39.4. The highest BCUT2D eigenvalue weighted by Gasteiger charge is 2.35. The Morgan fingerprint density at radius 3 is 2.60 bits per heavy atom. The van der Waals surface area contributed by atoms with Crippen LogP contribution in [0.3, 0.4) is 0 Å². The molecule has 8 heteroatoms. The number of hydrogen-bond acceptors (Lipinski definition) is 4. The molecule has 1 atom stereocenters. The molecule has 1 unspecified atom stereocenters. The van der Waals surface area contributed by atoms with Gasteiger partial charge in [-0.25, -0.2) is 4.98 Å². The van der Waals surface area contributed by atoms with Crippen molar-refractivity contribution in [3.05, 3.63) is 33.5 Å². The van der Waals surface area contributed by atoms with Gasteiger partial charge in [0.2, 0.25) is 0 Å². The Bertz CT molecular complexity index is 588. The van der Waals surface area contributed by atoms with E-state index in [4.69, 9.17) is 5.73 Å². The minimum Gasteiger partial charge on any atom is -0.318 e. The smallest absolute Gasteiger partial charge is 0.318 e. The zero-order valence-electron chi connectivity index (χ0n) is 11.1. The van der Waals surface area contributed by atoms with Gasteiger partial charge in [-0.05, 0) is 19.4 Å². The Morgan fingerprint density at radius 1 is 1.40 bits per heavy atom. The summed E-state index contributed by atoms with van der Waals surface area (Å²) in [4.78, 5) is 3.78. The second-order valence-corrected chi connectivity index (χ2v) is 5.34. The number of nitrogens with zero attached hydrogens (tertiary/aromatic N) is 3. The maximum atomic E-state index is 12.6. The second-order valence-electron chi connectivity index (χ2n) is 4.27. The maximum Gasteiger partial charge on any atom is 0.443 e. The number of rotatable bonds is 4. The van der Waals surface area contributed by atoms with Gasteiger partial charge in [0, 0.05) is 17.6 Å². The molecule has 2 aromatic rings. The largest absolute Gasteiger partial charge is 0.443 e. The third kappa shape index (κ3) is 2.85. The predicted octanol–water partition coefficient (Wildman–Crippen LogP) is 2.99. The highest BCUT2D eigenvalue weighted by atomic mass is 32.1. The van der Waals surface area contributed by atoms with Crippen LogP contribution in [0.15, 0.2) is 12.3 Å². The number of aryl methyl sites for hydroxylation is 2. The van der Waals surface area contributed by atoms with E-state index in [2.05, 4.69) is 10.1 Å². The van der Waals surface area contributed by atoms with E-state index < -0.39 is 17.2 Å². The highest BCUT2D eigenvalue weighted by molar-refractivity contribution is 7.11. The van der Waals surface area contributed by atoms with E-state index in [1.807, 2.05) is 19.9 Å². The molecule has 110 valence electrons. The fourth-order valence-electron chi connectivity index (χ4n) is 1.87. The van der Waals surface area contributed by atoms with E-state index in [9.17, 15) is 13.2 Å². The van der Waals surface area contributed by atoms with Gasteiger partial charge in [0.05, 0.1) is 17.4 Å². The Morgan fingerprint density at radius 2 is 2.10 bits per heavy atom. The first-order chi connectivity index (χ1) is 9.36. The summed E-state index contributed by atoms with van der Waals surface area (Å²) in [5, 5.41) is 3.47. The Kier molecular flexibility index (Phi) is 4.14. The average molecular weight is 304 g/mol. The van der Waals surface area contributed by atoms with Gasteiger partial charge in [0.15, 0.2) is 5.01 Å². The summed E-state index contributed by atoms with van der Waals surface area (Å²) in [5.74, 6) is 0. The molecule has 0 saturated heterocycles. The molecule has 0 aliphatic rings. The Balaban J connectivity index is 2.33. The zero-order chi connectivity index (χ0) is 14.9. The molecule has 20 heavy (non-hydrogen) atoms. The lowest BCUT2D eigenvalue weighted by atomic mass is 10.2. The molecular formula is C12H15F3N4S. The fraction of sp³-hybridized carbons (Fsp3) is 0.500. The topological polar surface area (TPSA) is 56.7 Å². The van der Waals surface area contributed by atoms with E-state index in [0.29, 0.717) is 28.5 Å². The van der Waals surface area contributed by atoms with Crippen molar-refractivity contribution in [3.63, 3.8) is 0 Å². The molecule has 0 amide bonds. The third-order valence-electron chi connectivity index (χ3n) is 2.91. The van der Waals surface area contributed by atoms with Crippen LogP contribution in [0, 0.1) is 0 Å². The molecule has 0 bridgehead atoms. The molecule has 2 N–H and O–H groups in total. The number of hydrogen-bond donors (Lipinski definition) is 1. The first-order valence-corrected chi connectivity index (χ1v) is 7.03. The van der Waals surface area contributed by atoms with Crippen molar-refractivity contribution >= 4 is 11.3 Å². The van der Waals surface area contributed by atoms with Gasteiger partial charge in [-0.15, -0.1) is 11.3 Å². The van der Waals surface area contributed by atoms with Crippen molar-refractivity contribution in [3.8, 4) is 0 Å². The Labute approximate surface area is 118 Å². The van der Waals surface area contributed by atoms with E-state index in [-0.39, 0.29) is 0 Å². The quantitative estimate of drug-likeness (QED) is 0.944. The number of halogens is 3. The first-order valence-electron chi connectivity index (χ1n) is 6.21. The normalized spacial score (nSPS) is 13.7. The summed E-state index contributed by atoms with van der Waals surface area (Å²) in [6.07, 6.45) is -2.48. The lowest BCUT2D eigenvalue weighted by molar-refractivity contribution is -0.137. The summed E-state index contributed by atoms with van der Waals surface area (Å²) in [6, 6.07) is 1.19.